The van der Waals surface area contributed by atoms with E-state index in [1.54, 1.807) is 0 Å². The topological polar surface area (TPSA) is 83.9 Å². The van der Waals surface area contributed by atoms with Crippen LogP contribution in [0.4, 0.5) is 0 Å². The van der Waals surface area contributed by atoms with E-state index in [4.69, 9.17) is 0 Å². The van der Waals surface area contributed by atoms with Gasteiger partial charge in [0.2, 0.25) is 10.0 Å². The minimum Gasteiger partial charge on any atom is -0.469 e. The van der Waals surface area contributed by atoms with Gasteiger partial charge in [0.1, 0.15) is 0 Å². The van der Waals surface area contributed by atoms with Gasteiger partial charge in [0.15, 0.2) is 0 Å². The summed E-state index contributed by atoms with van der Waals surface area (Å²) in [6.45, 7) is 2.68. The van der Waals surface area contributed by atoms with Crippen LogP contribution in [0.5, 0.6) is 0 Å². The van der Waals surface area contributed by atoms with E-state index < -0.39 is 22.1 Å². The number of sulfonamides is 1. The molecule has 0 amide bonds. The lowest BCUT2D eigenvalue weighted by atomic mass is 9.94. The second-order valence-electron chi connectivity index (χ2n) is 4.88. The predicted octanol–water partition coefficient (Wildman–Crippen LogP) is 0.362. The average molecular weight is 293 g/mol. The van der Waals surface area contributed by atoms with E-state index in [9.17, 15) is 18.3 Å². The van der Waals surface area contributed by atoms with Crippen molar-refractivity contribution in [3.8, 4) is 0 Å². The zero-order valence-corrected chi connectivity index (χ0v) is 12.4. The third kappa shape index (κ3) is 4.74. The number of aliphatic hydroxyl groups excluding tert-OH is 1. The Morgan fingerprint density at radius 2 is 2.16 bits per heavy atom. The number of carbonyl (C=O) groups is 1. The molecule has 2 atom stereocenters. The molecule has 1 N–H and O–H groups in total. The number of rotatable bonds is 6. The number of aliphatic hydroxyl groups is 1. The largest absolute Gasteiger partial charge is 0.469 e. The lowest BCUT2D eigenvalue weighted by molar-refractivity contribution is -0.140. The van der Waals surface area contributed by atoms with E-state index in [-0.39, 0.29) is 24.5 Å². The Morgan fingerprint density at radius 3 is 2.74 bits per heavy atom. The normalized spacial score (nSPS) is 25.2. The third-order valence-corrected chi connectivity index (χ3v) is 5.51. The number of hydrogen-bond acceptors (Lipinski definition) is 5. The SMILES string of the molecule is CCC1CN(S(=O)(=O)CCCC(=O)OC)CCC1O. The summed E-state index contributed by atoms with van der Waals surface area (Å²) in [6, 6.07) is 0. The Bertz CT molecular complexity index is 395. The van der Waals surface area contributed by atoms with Crippen LogP contribution in [0.25, 0.3) is 0 Å². The highest BCUT2D eigenvalue weighted by atomic mass is 32.2. The van der Waals surface area contributed by atoms with E-state index in [0.29, 0.717) is 19.5 Å². The molecule has 0 spiro atoms. The third-order valence-electron chi connectivity index (χ3n) is 3.59. The minimum atomic E-state index is -3.34. The molecule has 0 radical (unpaired) electrons. The second-order valence-corrected chi connectivity index (χ2v) is 6.97. The Kier molecular flexibility index (Phi) is 6.22. The summed E-state index contributed by atoms with van der Waals surface area (Å²) < 4.78 is 30.1. The quantitative estimate of drug-likeness (QED) is 0.715. The van der Waals surface area contributed by atoms with Crippen molar-refractivity contribution in [2.75, 3.05) is 26.0 Å². The van der Waals surface area contributed by atoms with Gasteiger partial charge in [-0.3, -0.25) is 4.79 Å². The molecule has 1 fully saturated rings. The maximum Gasteiger partial charge on any atom is 0.305 e. The van der Waals surface area contributed by atoms with Crippen LogP contribution in [0, 0.1) is 5.92 Å². The molecule has 0 aromatic rings. The number of nitrogens with zero attached hydrogens (tertiary/aromatic N) is 1. The lowest BCUT2D eigenvalue weighted by Gasteiger charge is -2.34. The zero-order chi connectivity index (χ0) is 14.5. The van der Waals surface area contributed by atoms with Crippen molar-refractivity contribution >= 4 is 16.0 Å². The summed E-state index contributed by atoms with van der Waals surface area (Å²) in [6.07, 6.45) is 1.21. The summed E-state index contributed by atoms with van der Waals surface area (Å²) in [4.78, 5) is 11.0. The molecule has 1 aliphatic rings. The van der Waals surface area contributed by atoms with Gasteiger partial charge in [-0.25, -0.2) is 12.7 Å². The first kappa shape index (κ1) is 16.4. The fraction of sp³-hybridized carbons (Fsp3) is 0.917. The predicted molar refractivity (Wildman–Crippen MR) is 71.0 cm³/mol. The number of methoxy groups -OCH3 is 1. The number of hydrogen-bond donors (Lipinski definition) is 1. The number of esters is 1. The van der Waals surface area contributed by atoms with E-state index in [2.05, 4.69) is 4.74 Å². The van der Waals surface area contributed by atoms with Gasteiger partial charge in [-0.15, -0.1) is 0 Å². The Hall–Kier alpha value is -0.660. The van der Waals surface area contributed by atoms with Gasteiger partial charge in [-0.1, -0.05) is 6.92 Å². The highest BCUT2D eigenvalue weighted by Crippen LogP contribution is 2.22. The Morgan fingerprint density at radius 1 is 1.47 bits per heavy atom. The molecular weight excluding hydrogens is 270 g/mol. The molecule has 0 aliphatic carbocycles. The molecule has 112 valence electrons. The van der Waals surface area contributed by atoms with Crippen LogP contribution in [0.2, 0.25) is 0 Å². The monoisotopic (exact) mass is 293 g/mol. The standard InChI is InChI=1S/C12H23NO5S/c1-3-10-9-13(7-6-11(10)14)19(16,17)8-4-5-12(15)18-2/h10-11,14H,3-9H2,1-2H3. The number of piperidine rings is 1. The van der Waals surface area contributed by atoms with Crippen molar-refractivity contribution < 1.29 is 23.1 Å². The van der Waals surface area contributed by atoms with Crippen LogP contribution in [0.1, 0.15) is 32.6 Å². The summed E-state index contributed by atoms with van der Waals surface area (Å²) >= 11 is 0. The van der Waals surface area contributed by atoms with Crippen molar-refractivity contribution in [3.05, 3.63) is 0 Å². The van der Waals surface area contributed by atoms with Gasteiger partial charge in [0, 0.05) is 19.5 Å². The minimum absolute atomic E-state index is 0.00383. The molecule has 0 saturated carbocycles. The van der Waals surface area contributed by atoms with Crippen LogP contribution < -0.4 is 0 Å². The molecule has 19 heavy (non-hydrogen) atoms. The van der Waals surface area contributed by atoms with Crippen LogP contribution in [0.3, 0.4) is 0 Å². The van der Waals surface area contributed by atoms with E-state index in [1.165, 1.54) is 11.4 Å². The van der Waals surface area contributed by atoms with Crippen LogP contribution in [-0.4, -0.2) is 55.9 Å². The average Bonchev–Trinajstić information content (AvgIpc) is 2.38. The van der Waals surface area contributed by atoms with Crippen LogP contribution in [-0.2, 0) is 19.6 Å². The second kappa shape index (κ2) is 7.21. The molecule has 6 nitrogen and oxygen atoms in total. The summed E-state index contributed by atoms with van der Waals surface area (Å²) in [7, 11) is -2.05. The van der Waals surface area contributed by atoms with E-state index in [0.717, 1.165) is 6.42 Å². The molecule has 0 bridgehead atoms. The first-order chi connectivity index (χ1) is 8.90. The molecule has 0 aromatic heterocycles. The van der Waals surface area contributed by atoms with E-state index in [1.807, 2.05) is 6.92 Å². The molecule has 1 saturated heterocycles. The fourth-order valence-electron chi connectivity index (χ4n) is 2.27. The molecule has 1 aliphatic heterocycles. The first-order valence-corrected chi connectivity index (χ1v) is 8.24. The van der Waals surface area contributed by atoms with Gasteiger partial charge in [0.25, 0.3) is 0 Å². The Labute approximate surface area is 114 Å². The van der Waals surface area contributed by atoms with Crippen LogP contribution in [0.15, 0.2) is 0 Å². The first-order valence-electron chi connectivity index (χ1n) is 6.63. The fourth-order valence-corrected chi connectivity index (χ4v) is 3.84. The maximum absolute atomic E-state index is 12.1. The molecule has 1 rings (SSSR count). The van der Waals surface area contributed by atoms with E-state index >= 15 is 0 Å². The Balaban J connectivity index is 2.50. The van der Waals surface area contributed by atoms with Crippen molar-refractivity contribution in [2.45, 2.75) is 38.7 Å². The summed E-state index contributed by atoms with van der Waals surface area (Å²) in [5, 5.41) is 9.75. The van der Waals surface area contributed by atoms with Crippen molar-refractivity contribution in [2.24, 2.45) is 5.92 Å². The summed E-state index contributed by atoms with van der Waals surface area (Å²) in [5.41, 5.74) is 0. The highest BCUT2D eigenvalue weighted by molar-refractivity contribution is 7.89. The lowest BCUT2D eigenvalue weighted by Crippen LogP contribution is -2.46. The smallest absolute Gasteiger partial charge is 0.305 e. The van der Waals surface area contributed by atoms with Crippen molar-refractivity contribution in [1.82, 2.24) is 4.31 Å². The van der Waals surface area contributed by atoms with Crippen molar-refractivity contribution in [1.29, 1.82) is 0 Å². The van der Waals surface area contributed by atoms with Gasteiger partial charge in [-0.05, 0) is 25.2 Å². The summed E-state index contributed by atoms with van der Waals surface area (Å²) in [5.74, 6) is -0.436. The maximum atomic E-state index is 12.1. The van der Waals surface area contributed by atoms with Crippen molar-refractivity contribution in [3.63, 3.8) is 0 Å². The zero-order valence-electron chi connectivity index (χ0n) is 11.5. The molecule has 0 aromatic carbocycles. The van der Waals surface area contributed by atoms with Gasteiger partial charge in [0.05, 0.1) is 19.0 Å². The number of ether oxygens (including phenoxy) is 1. The number of carbonyl (C=O) groups excluding carboxylic acids is 1. The van der Waals surface area contributed by atoms with Crippen LogP contribution >= 0.6 is 0 Å². The highest BCUT2D eigenvalue weighted by Gasteiger charge is 2.32. The van der Waals surface area contributed by atoms with Gasteiger partial charge < -0.3 is 9.84 Å². The molecular formula is C12H23NO5S. The van der Waals surface area contributed by atoms with Gasteiger partial charge in [-0.2, -0.15) is 0 Å². The molecule has 2 unspecified atom stereocenters. The molecule has 1 heterocycles. The van der Waals surface area contributed by atoms with Gasteiger partial charge >= 0.3 is 5.97 Å². The molecule has 7 heteroatoms.